The van der Waals surface area contributed by atoms with Crippen molar-refractivity contribution in [3.63, 3.8) is 0 Å². The van der Waals surface area contributed by atoms with Crippen molar-refractivity contribution in [1.82, 2.24) is 0 Å². The monoisotopic (exact) mass is 336 g/mol. The number of aliphatic hydroxyl groups is 1. The van der Waals surface area contributed by atoms with Crippen molar-refractivity contribution in [3.05, 3.63) is 0 Å². The Morgan fingerprint density at radius 2 is 1.14 bits per heavy atom. The van der Waals surface area contributed by atoms with E-state index in [4.69, 9.17) is 5.11 Å². The van der Waals surface area contributed by atoms with Gasteiger partial charge in [-0.3, -0.25) is 4.55 Å². The fourth-order valence-electron chi connectivity index (χ4n) is 2.79. The normalized spacial score (nSPS) is 13.4. The molecule has 0 saturated carbocycles. The van der Waals surface area contributed by atoms with E-state index in [0.29, 0.717) is 12.8 Å². The second-order valence-electron chi connectivity index (χ2n) is 6.33. The second-order valence-corrected chi connectivity index (χ2v) is 8.02. The third kappa shape index (κ3) is 13.5. The first kappa shape index (κ1) is 21.9. The topological polar surface area (TPSA) is 74.6 Å². The van der Waals surface area contributed by atoms with Gasteiger partial charge in [0, 0.05) is 6.61 Å². The quantitative estimate of drug-likeness (QED) is 0.316. The van der Waals surface area contributed by atoms with Crippen LogP contribution in [-0.2, 0) is 10.1 Å². The second kappa shape index (κ2) is 14.5. The fraction of sp³-hybridized carbons (Fsp3) is 1.00. The summed E-state index contributed by atoms with van der Waals surface area (Å²) in [5.74, 6) is 0. The van der Waals surface area contributed by atoms with Gasteiger partial charge >= 0.3 is 0 Å². The van der Waals surface area contributed by atoms with Crippen molar-refractivity contribution in [2.24, 2.45) is 0 Å². The summed E-state index contributed by atoms with van der Waals surface area (Å²) in [7, 11) is -3.90. The number of hydrogen-bond acceptors (Lipinski definition) is 3. The van der Waals surface area contributed by atoms with Crippen molar-refractivity contribution in [2.45, 2.75) is 102 Å². The molecule has 2 N–H and O–H groups in total. The Morgan fingerprint density at radius 1 is 0.727 bits per heavy atom. The summed E-state index contributed by atoms with van der Waals surface area (Å²) in [6, 6.07) is 0. The van der Waals surface area contributed by atoms with Crippen LogP contribution in [0.1, 0.15) is 96.8 Å². The molecular formula is C17H36O4S. The van der Waals surface area contributed by atoms with Crippen molar-refractivity contribution in [3.8, 4) is 0 Å². The summed E-state index contributed by atoms with van der Waals surface area (Å²) in [6.07, 6.45) is 13.9. The molecule has 0 rings (SSSR count). The molecule has 0 radical (unpaired) electrons. The van der Waals surface area contributed by atoms with E-state index < -0.39 is 15.4 Å². The van der Waals surface area contributed by atoms with Crippen molar-refractivity contribution < 1.29 is 18.1 Å². The molecular weight excluding hydrogens is 300 g/mol. The Bertz CT molecular complexity index is 328. The highest BCUT2D eigenvalue weighted by Gasteiger charge is 2.21. The first-order valence-corrected chi connectivity index (χ1v) is 10.6. The first-order chi connectivity index (χ1) is 10.5. The van der Waals surface area contributed by atoms with Crippen LogP contribution in [0.3, 0.4) is 0 Å². The van der Waals surface area contributed by atoms with E-state index in [2.05, 4.69) is 6.92 Å². The van der Waals surface area contributed by atoms with Crippen LogP contribution in [0.4, 0.5) is 0 Å². The molecule has 0 fully saturated rings. The van der Waals surface area contributed by atoms with Gasteiger partial charge in [0.05, 0.1) is 5.25 Å². The lowest BCUT2D eigenvalue weighted by Crippen LogP contribution is -2.20. The Morgan fingerprint density at radius 3 is 1.55 bits per heavy atom. The van der Waals surface area contributed by atoms with E-state index in [1.54, 1.807) is 0 Å². The van der Waals surface area contributed by atoms with Gasteiger partial charge in [-0.05, 0) is 19.3 Å². The maximum absolute atomic E-state index is 11.4. The van der Waals surface area contributed by atoms with Crippen molar-refractivity contribution in [2.75, 3.05) is 6.61 Å². The van der Waals surface area contributed by atoms with Crippen LogP contribution >= 0.6 is 0 Å². The smallest absolute Gasteiger partial charge is 0.267 e. The molecule has 0 aromatic heterocycles. The lowest BCUT2D eigenvalue weighted by atomic mass is 10.0. The van der Waals surface area contributed by atoms with E-state index in [1.807, 2.05) is 0 Å². The molecule has 5 heteroatoms. The van der Waals surface area contributed by atoms with Gasteiger partial charge in [-0.2, -0.15) is 8.42 Å². The standard InChI is InChI=1S/C17H36O4S/c1-2-3-4-5-6-8-11-14-17(22(19,20)21)15-12-9-7-10-13-16-18/h17-18H,2-16H2,1H3,(H,19,20,21). The lowest BCUT2D eigenvalue weighted by molar-refractivity contribution is 0.282. The minimum atomic E-state index is -3.90. The van der Waals surface area contributed by atoms with Gasteiger partial charge in [0.25, 0.3) is 10.1 Å². The van der Waals surface area contributed by atoms with Crippen molar-refractivity contribution >= 4 is 10.1 Å². The van der Waals surface area contributed by atoms with Gasteiger partial charge in [0.15, 0.2) is 0 Å². The summed E-state index contributed by atoms with van der Waals surface area (Å²) in [5, 5.41) is 8.11. The fourth-order valence-corrected chi connectivity index (χ4v) is 3.71. The number of aliphatic hydroxyl groups excluding tert-OH is 1. The van der Waals surface area contributed by atoms with E-state index in [9.17, 15) is 13.0 Å². The van der Waals surface area contributed by atoms with Gasteiger partial charge in [-0.15, -0.1) is 0 Å². The van der Waals surface area contributed by atoms with E-state index in [0.717, 1.165) is 44.9 Å². The van der Waals surface area contributed by atoms with E-state index in [1.165, 1.54) is 32.1 Å². The average Bonchev–Trinajstić information content (AvgIpc) is 2.46. The van der Waals surface area contributed by atoms with Crippen LogP contribution in [0.25, 0.3) is 0 Å². The average molecular weight is 337 g/mol. The zero-order valence-electron chi connectivity index (χ0n) is 14.3. The number of hydrogen-bond donors (Lipinski definition) is 2. The van der Waals surface area contributed by atoms with Gasteiger partial charge in [0.2, 0.25) is 0 Å². The van der Waals surface area contributed by atoms with Gasteiger partial charge < -0.3 is 5.11 Å². The first-order valence-electron chi connectivity index (χ1n) is 9.09. The zero-order chi connectivity index (χ0) is 16.7. The maximum atomic E-state index is 11.4. The molecule has 0 aliphatic carbocycles. The lowest BCUT2D eigenvalue weighted by Gasteiger charge is -2.13. The van der Waals surface area contributed by atoms with Crippen LogP contribution in [0.2, 0.25) is 0 Å². The molecule has 0 aromatic carbocycles. The third-order valence-electron chi connectivity index (χ3n) is 4.24. The molecule has 0 bridgehead atoms. The molecule has 1 unspecified atom stereocenters. The summed E-state index contributed by atoms with van der Waals surface area (Å²) in [5.41, 5.74) is 0. The van der Waals surface area contributed by atoms with Crippen LogP contribution in [0.5, 0.6) is 0 Å². The molecule has 134 valence electrons. The summed E-state index contributed by atoms with van der Waals surface area (Å²) in [4.78, 5) is 0. The predicted octanol–water partition coefficient (Wildman–Crippen LogP) is 4.72. The minimum absolute atomic E-state index is 0.228. The molecule has 0 amide bonds. The minimum Gasteiger partial charge on any atom is -0.396 e. The molecule has 0 heterocycles. The highest BCUT2D eigenvalue weighted by molar-refractivity contribution is 7.86. The number of unbranched alkanes of at least 4 members (excludes halogenated alkanes) is 10. The Balaban J connectivity index is 3.76. The molecule has 0 spiro atoms. The van der Waals surface area contributed by atoms with Crippen LogP contribution in [0.15, 0.2) is 0 Å². The van der Waals surface area contributed by atoms with E-state index in [-0.39, 0.29) is 6.61 Å². The Labute approximate surface area is 137 Å². The molecule has 1 atom stereocenters. The molecule has 0 saturated heterocycles. The molecule has 0 aliphatic heterocycles. The highest BCUT2D eigenvalue weighted by Crippen LogP contribution is 2.19. The molecule has 4 nitrogen and oxygen atoms in total. The SMILES string of the molecule is CCCCCCCCCC(CCCCCCCO)S(=O)(=O)O. The Kier molecular flexibility index (Phi) is 14.4. The largest absolute Gasteiger partial charge is 0.396 e. The Hall–Kier alpha value is -0.130. The summed E-state index contributed by atoms with van der Waals surface area (Å²) < 4.78 is 32.2. The zero-order valence-corrected chi connectivity index (χ0v) is 15.1. The van der Waals surface area contributed by atoms with Gasteiger partial charge in [0.1, 0.15) is 0 Å². The summed E-state index contributed by atoms with van der Waals surface area (Å²) >= 11 is 0. The molecule has 22 heavy (non-hydrogen) atoms. The molecule has 0 aliphatic rings. The maximum Gasteiger partial charge on any atom is 0.267 e. The van der Waals surface area contributed by atoms with Crippen LogP contribution < -0.4 is 0 Å². The van der Waals surface area contributed by atoms with Crippen LogP contribution in [0, 0.1) is 0 Å². The third-order valence-corrected chi connectivity index (χ3v) is 5.55. The summed E-state index contributed by atoms with van der Waals surface area (Å²) in [6.45, 7) is 2.42. The van der Waals surface area contributed by atoms with Gasteiger partial charge in [-0.1, -0.05) is 77.6 Å². The van der Waals surface area contributed by atoms with Crippen molar-refractivity contribution in [1.29, 1.82) is 0 Å². The molecule has 0 aromatic rings. The predicted molar refractivity (Wildman–Crippen MR) is 92.7 cm³/mol. The van der Waals surface area contributed by atoms with Gasteiger partial charge in [-0.25, -0.2) is 0 Å². The van der Waals surface area contributed by atoms with Crippen LogP contribution in [-0.4, -0.2) is 29.9 Å². The number of rotatable bonds is 16. The highest BCUT2D eigenvalue weighted by atomic mass is 32.2. The van der Waals surface area contributed by atoms with E-state index >= 15 is 0 Å².